The first kappa shape index (κ1) is 9.32. The van der Waals surface area contributed by atoms with E-state index in [9.17, 15) is 9.18 Å². The zero-order valence-electron chi connectivity index (χ0n) is 7.46. The number of carboxylic acids is 1. The monoisotopic (exact) mass is 207 g/mol. The fourth-order valence-electron chi connectivity index (χ4n) is 1.20. The Morgan fingerprint density at radius 2 is 2.27 bits per heavy atom. The lowest BCUT2D eigenvalue weighted by molar-refractivity contribution is 0.0689. The molecule has 0 atom stereocenters. The van der Waals surface area contributed by atoms with Crippen LogP contribution in [0.15, 0.2) is 30.9 Å². The third kappa shape index (κ3) is 1.69. The van der Waals surface area contributed by atoms with Crippen molar-refractivity contribution in [2.45, 2.75) is 0 Å². The zero-order chi connectivity index (χ0) is 10.8. The molecule has 0 aliphatic carbocycles. The lowest BCUT2D eigenvalue weighted by atomic mass is 10.3. The Morgan fingerprint density at radius 1 is 1.47 bits per heavy atom. The molecular formula is C9H6FN3O2. The highest BCUT2D eigenvalue weighted by Crippen LogP contribution is 2.12. The van der Waals surface area contributed by atoms with E-state index in [1.807, 2.05) is 0 Å². The highest BCUT2D eigenvalue weighted by Gasteiger charge is 2.14. The van der Waals surface area contributed by atoms with Gasteiger partial charge < -0.3 is 9.67 Å². The van der Waals surface area contributed by atoms with Crippen molar-refractivity contribution < 1.29 is 14.3 Å². The molecule has 2 rings (SSSR count). The van der Waals surface area contributed by atoms with E-state index in [1.54, 1.807) is 6.20 Å². The highest BCUT2D eigenvalue weighted by molar-refractivity contribution is 5.89. The minimum Gasteiger partial charge on any atom is -0.476 e. The third-order valence-electron chi connectivity index (χ3n) is 1.83. The van der Waals surface area contributed by atoms with E-state index in [0.29, 0.717) is 0 Å². The number of imidazole rings is 1. The summed E-state index contributed by atoms with van der Waals surface area (Å²) >= 11 is 0. The van der Waals surface area contributed by atoms with Crippen LogP contribution in [0.5, 0.6) is 0 Å². The third-order valence-corrected chi connectivity index (χ3v) is 1.83. The Labute approximate surface area is 83.8 Å². The van der Waals surface area contributed by atoms with Crippen LogP contribution in [0.2, 0.25) is 0 Å². The Balaban J connectivity index is 2.61. The van der Waals surface area contributed by atoms with Gasteiger partial charge >= 0.3 is 5.97 Å². The molecule has 2 heterocycles. The van der Waals surface area contributed by atoms with Crippen LogP contribution in [0.4, 0.5) is 4.39 Å². The van der Waals surface area contributed by atoms with Crippen LogP contribution >= 0.6 is 0 Å². The second-order valence-electron chi connectivity index (χ2n) is 2.78. The minimum atomic E-state index is -1.28. The summed E-state index contributed by atoms with van der Waals surface area (Å²) in [5.74, 6) is -2.10. The Hall–Kier alpha value is -2.24. The van der Waals surface area contributed by atoms with Gasteiger partial charge in [-0.3, -0.25) is 0 Å². The summed E-state index contributed by atoms with van der Waals surface area (Å²) in [6.07, 6.45) is 4.47. The highest BCUT2D eigenvalue weighted by atomic mass is 19.1. The largest absolute Gasteiger partial charge is 0.476 e. The summed E-state index contributed by atoms with van der Waals surface area (Å²) in [6, 6.07) is 2.44. The van der Waals surface area contributed by atoms with E-state index in [-0.39, 0.29) is 11.4 Å². The molecule has 0 fully saturated rings. The molecule has 6 heteroatoms. The van der Waals surface area contributed by atoms with Gasteiger partial charge in [0.05, 0.1) is 12.0 Å². The van der Waals surface area contributed by atoms with Gasteiger partial charge in [-0.05, 0) is 12.1 Å². The molecular weight excluding hydrogens is 201 g/mol. The number of aromatic nitrogens is 3. The van der Waals surface area contributed by atoms with Crippen LogP contribution in [0, 0.1) is 5.95 Å². The normalized spacial score (nSPS) is 10.2. The molecule has 0 saturated heterocycles. The van der Waals surface area contributed by atoms with Crippen molar-refractivity contribution in [1.29, 1.82) is 0 Å². The molecule has 2 aromatic heterocycles. The predicted molar refractivity (Wildman–Crippen MR) is 48.3 cm³/mol. The quantitative estimate of drug-likeness (QED) is 0.749. The number of aromatic carboxylic acids is 1. The molecule has 0 saturated carbocycles. The smallest absolute Gasteiger partial charge is 0.356 e. The van der Waals surface area contributed by atoms with Gasteiger partial charge in [0, 0.05) is 12.4 Å². The molecule has 15 heavy (non-hydrogen) atoms. The molecule has 0 spiro atoms. The number of rotatable bonds is 2. The first-order valence-corrected chi connectivity index (χ1v) is 4.06. The number of carbonyl (C=O) groups is 1. The second-order valence-corrected chi connectivity index (χ2v) is 2.78. The number of halogens is 1. The molecule has 0 aliphatic heterocycles. The Morgan fingerprint density at radius 3 is 2.87 bits per heavy atom. The number of nitrogens with zero attached hydrogens (tertiary/aromatic N) is 3. The predicted octanol–water partition coefficient (Wildman–Crippen LogP) is 1.10. The Kier molecular flexibility index (Phi) is 2.17. The standard InChI is InChI=1S/C9H6FN3O2/c10-7-2-1-6(8(12-7)9(14)15)13-4-3-11-5-13/h1-5H,(H,14,15). The van der Waals surface area contributed by atoms with Crippen LogP contribution in [0.1, 0.15) is 10.5 Å². The van der Waals surface area contributed by atoms with Gasteiger partial charge in [0.2, 0.25) is 5.95 Å². The SMILES string of the molecule is O=C(O)c1nc(F)ccc1-n1ccnc1. The van der Waals surface area contributed by atoms with Gasteiger partial charge in [0.15, 0.2) is 5.69 Å². The van der Waals surface area contributed by atoms with Gasteiger partial charge in [0.25, 0.3) is 0 Å². The topological polar surface area (TPSA) is 68.0 Å². The summed E-state index contributed by atoms with van der Waals surface area (Å²) < 4.78 is 14.2. The minimum absolute atomic E-state index is 0.279. The lowest BCUT2D eigenvalue weighted by Crippen LogP contribution is -2.08. The second kappa shape index (κ2) is 3.49. The fourth-order valence-corrected chi connectivity index (χ4v) is 1.20. The summed E-state index contributed by atoms with van der Waals surface area (Å²) in [6.45, 7) is 0. The lowest BCUT2D eigenvalue weighted by Gasteiger charge is -2.04. The number of hydrogen-bond acceptors (Lipinski definition) is 3. The van der Waals surface area contributed by atoms with Crippen molar-refractivity contribution in [3.05, 3.63) is 42.5 Å². The summed E-state index contributed by atoms with van der Waals surface area (Å²) in [5, 5.41) is 8.83. The summed E-state index contributed by atoms with van der Waals surface area (Å²) in [7, 11) is 0. The average molecular weight is 207 g/mol. The van der Waals surface area contributed by atoms with E-state index in [4.69, 9.17) is 5.11 Å². The molecule has 1 N–H and O–H groups in total. The van der Waals surface area contributed by atoms with Crippen LogP contribution in [-0.4, -0.2) is 25.6 Å². The van der Waals surface area contributed by atoms with Gasteiger partial charge in [-0.1, -0.05) is 0 Å². The van der Waals surface area contributed by atoms with Crippen molar-refractivity contribution >= 4 is 5.97 Å². The molecule has 0 bridgehead atoms. The van der Waals surface area contributed by atoms with Crippen molar-refractivity contribution in [3.63, 3.8) is 0 Å². The van der Waals surface area contributed by atoms with Crippen LogP contribution in [-0.2, 0) is 0 Å². The first-order valence-electron chi connectivity index (χ1n) is 4.06. The van der Waals surface area contributed by atoms with Gasteiger partial charge in [0.1, 0.15) is 0 Å². The molecule has 2 aromatic rings. The van der Waals surface area contributed by atoms with Crippen molar-refractivity contribution in [1.82, 2.24) is 14.5 Å². The van der Waals surface area contributed by atoms with Crippen LogP contribution in [0.3, 0.4) is 0 Å². The van der Waals surface area contributed by atoms with E-state index >= 15 is 0 Å². The van der Waals surface area contributed by atoms with Gasteiger partial charge in [-0.25, -0.2) is 14.8 Å². The maximum absolute atomic E-state index is 12.7. The molecule has 0 radical (unpaired) electrons. The van der Waals surface area contributed by atoms with E-state index < -0.39 is 11.9 Å². The van der Waals surface area contributed by atoms with Crippen LogP contribution < -0.4 is 0 Å². The van der Waals surface area contributed by atoms with Crippen LogP contribution in [0.25, 0.3) is 5.69 Å². The molecule has 0 aliphatic rings. The molecule has 0 amide bonds. The van der Waals surface area contributed by atoms with E-state index in [2.05, 4.69) is 9.97 Å². The van der Waals surface area contributed by atoms with Crippen molar-refractivity contribution in [2.75, 3.05) is 0 Å². The van der Waals surface area contributed by atoms with Crippen molar-refractivity contribution in [3.8, 4) is 5.69 Å². The average Bonchev–Trinajstić information content (AvgIpc) is 2.70. The van der Waals surface area contributed by atoms with Gasteiger partial charge in [-0.15, -0.1) is 0 Å². The zero-order valence-corrected chi connectivity index (χ0v) is 7.46. The molecule has 0 aromatic carbocycles. The maximum atomic E-state index is 12.7. The molecule has 5 nitrogen and oxygen atoms in total. The number of pyridine rings is 1. The molecule has 76 valence electrons. The van der Waals surface area contributed by atoms with Crippen molar-refractivity contribution in [2.24, 2.45) is 0 Å². The van der Waals surface area contributed by atoms with Gasteiger partial charge in [-0.2, -0.15) is 4.39 Å². The fraction of sp³-hybridized carbons (Fsp3) is 0. The maximum Gasteiger partial charge on any atom is 0.356 e. The summed E-state index contributed by atoms with van der Waals surface area (Å²) in [4.78, 5) is 17.9. The number of carboxylic acid groups (broad SMARTS) is 1. The Bertz CT molecular complexity index is 496. The van der Waals surface area contributed by atoms with E-state index in [0.717, 1.165) is 6.07 Å². The number of hydrogen-bond donors (Lipinski definition) is 1. The molecule has 0 unspecified atom stereocenters. The van der Waals surface area contributed by atoms with E-state index in [1.165, 1.54) is 23.2 Å². The first-order chi connectivity index (χ1) is 7.18. The summed E-state index contributed by atoms with van der Waals surface area (Å²) in [5.41, 5.74) is -0.0607.